The summed E-state index contributed by atoms with van der Waals surface area (Å²) < 4.78 is 12.7. The number of allylic oxidation sites excluding steroid dienone is 1. The fraction of sp³-hybridized carbons (Fsp3) is 0.417. The van der Waals surface area contributed by atoms with E-state index in [1.807, 2.05) is 6.07 Å². The molecule has 3 rings (SSSR count). The lowest BCUT2D eigenvalue weighted by molar-refractivity contribution is 0.536. The first-order chi connectivity index (χ1) is 7.33. The minimum absolute atomic E-state index is 0. The van der Waals surface area contributed by atoms with Gasteiger partial charge in [-0.3, -0.25) is 0 Å². The number of halogens is 2. The molecule has 0 spiro atoms. The van der Waals surface area contributed by atoms with Crippen LogP contribution in [0.25, 0.3) is 5.57 Å². The number of nitrogens with one attached hydrogen (secondary N) is 1. The van der Waals surface area contributed by atoms with Crippen molar-refractivity contribution in [2.24, 2.45) is 11.8 Å². The van der Waals surface area contributed by atoms with Crippen LogP contribution in [0.3, 0.4) is 0 Å². The SMILES string of the molecule is Cl.Fc1ccc(C2=CC3CNCC3C2)cn1. The third-order valence-corrected chi connectivity index (χ3v) is 3.39. The molecule has 86 valence electrons. The largest absolute Gasteiger partial charge is 0.316 e. The quantitative estimate of drug-likeness (QED) is 0.762. The molecular formula is C12H14ClFN2. The lowest BCUT2D eigenvalue weighted by Gasteiger charge is -2.06. The van der Waals surface area contributed by atoms with Crippen molar-refractivity contribution in [2.45, 2.75) is 6.42 Å². The zero-order valence-electron chi connectivity index (χ0n) is 8.82. The number of rotatable bonds is 1. The van der Waals surface area contributed by atoms with E-state index < -0.39 is 5.95 Å². The molecule has 2 unspecified atom stereocenters. The van der Waals surface area contributed by atoms with Crippen molar-refractivity contribution in [1.29, 1.82) is 0 Å². The average Bonchev–Trinajstić information content (AvgIpc) is 2.78. The van der Waals surface area contributed by atoms with E-state index in [0.29, 0.717) is 5.92 Å². The molecule has 1 N–H and O–H groups in total. The summed E-state index contributed by atoms with van der Waals surface area (Å²) in [6.07, 6.45) is 5.06. The summed E-state index contributed by atoms with van der Waals surface area (Å²) in [6, 6.07) is 3.26. The third-order valence-electron chi connectivity index (χ3n) is 3.39. The predicted octanol–water partition coefficient (Wildman–Crippen LogP) is 2.27. The Bertz CT molecular complexity index is 402. The van der Waals surface area contributed by atoms with Gasteiger partial charge in [-0.2, -0.15) is 4.39 Å². The fourth-order valence-corrected chi connectivity index (χ4v) is 2.56. The number of fused-ring (bicyclic) bond motifs is 1. The van der Waals surface area contributed by atoms with Crippen LogP contribution in [0.1, 0.15) is 12.0 Å². The Kier molecular flexibility index (Phi) is 3.26. The highest BCUT2D eigenvalue weighted by atomic mass is 35.5. The molecule has 1 aromatic heterocycles. The summed E-state index contributed by atoms with van der Waals surface area (Å²) in [4.78, 5) is 3.69. The first-order valence-corrected chi connectivity index (χ1v) is 5.36. The van der Waals surface area contributed by atoms with Crippen molar-refractivity contribution in [2.75, 3.05) is 13.1 Å². The fourth-order valence-electron chi connectivity index (χ4n) is 2.56. The first kappa shape index (κ1) is 11.6. The van der Waals surface area contributed by atoms with E-state index in [0.717, 1.165) is 31.0 Å². The molecular weight excluding hydrogens is 227 g/mol. The Morgan fingerprint density at radius 2 is 2.19 bits per heavy atom. The van der Waals surface area contributed by atoms with Crippen LogP contribution in [0.4, 0.5) is 4.39 Å². The molecule has 1 aromatic rings. The molecule has 1 fully saturated rings. The molecule has 1 saturated heterocycles. The molecule has 0 bridgehead atoms. The van der Waals surface area contributed by atoms with Crippen LogP contribution in [0.15, 0.2) is 24.4 Å². The average molecular weight is 241 g/mol. The summed E-state index contributed by atoms with van der Waals surface area (Å²) in [5.74, 6) is 1.01. The highest BCUT2D eigenvalue weighted by Crippen LogP contribution is 2.37. The van der Waals surface area contributed by atoms with Gasteiger partial charge in [0, 0.05) is 12.7 Å². The van der Waals surface area contributed by atoms with Crippen molar-refractivity contribution >= 4 is 18.0 Å². The van der Waals surface area contributed by atoms with E-state index in [2.05, 4.69) is 16.4 Å². The molecule has 16 heavy (non-hydrogen) atoms. The van der Waals surface area contributed by atoms with Crippen molar-refractivity contribution in [3.8, 4) is 0 Å². The van der Waals surface area contributed by atoms with E-state index in [1.165, 1.54) is 11.6 Å². The molecule has 2 atom stereocenters. The summed E-state index contributed by atoms with van der Waals surface area (Å²) in [5.41, 5.74) is 2.41. The van der Waals surface area contributed by atoms with Crippen molar-refractivity contribution in [3.05, 3.63) is 35.9 Å². The van der Waals surface area contributed by atoms with Crippen molar-refractivity contribution in [3.63, 3.8) is 0 Å². The maximum absolute atomic E-state index is 12.7. The van der Waals surface area contributed by atoms with Crippen LogP contribution in [-0.4, -0.2) is 18.1 Å². The van der Waals surface area contributed by atoms with Gasteiger partial charge in [-0.1, -0.05) is 6.08 Å². The maximum Gasteiger partial charge on any atom is 0.212 e. The highest BCUT2D eigenvalue weighted by Gasteiger charge is 2.31. The maximum atomic E-state index is 12.7. The van der Waals surface area contributed by atoms with Crippen LogP contribution >= 0.6 is 12.4 Å². The molecule has 0 saturated carbocycles. The second-order valence-corrected chi connectivity index (χ2v) is 4.35. The topological polar surface area (TPSA) is 24.9 Å². The van der Waals surface area contributed by atoms with Gasteiger partial charge < -0.3 is 5.32 Å². The molecule has 2 aliphatic rings. The van der Waals surface area contributed by atoms with Gasteiger partial charge in [-0.25, -0.2) is 4.98 Å². The minimum Gasteiger partial charge on any atom is -0.316 e. The molecule has 4 heteroatoms. The van der Waals surface area contributed by atoms with Crippen molar-refractivity contribution < 1.29 is 4.39 Å². The third kappa shape index (κ3) is 1.97. The van der Waals surface area contributed by atoms with Gasteiger partial charge in [0.1, 0.15) is 0 Å². The normalized spacial score (nSPS) is 27.2. The van der Waals surface area contributed by atoms with Gasteiger partial charge in [-0.05, 0) is 48.1 Å². The summed E-state index contributed by atoms with van der Waals surface area (Å²) >= 11 is 0. The van der Waals surface area contributed by atoms with Gasteiger partial charge in [-0.15, -0.1) is 12.4 Å². The second-order valence-electron chi connectivity index (χ2n) is 4.35. The summed E-state index contributed by atoms with van der Waals surface area (Å²) in [5, 5.41) is 3.39. The zero-order chi connectivity index (χ0) is 10.3. The van der Waals surface area contributed by atoms with E-state index in [1.54, 1.807) is 6.20 Å². The molecule has 2 heterocycles. The van der Waals surface area contributed by atoms with E-state index in [4.69, 9.17) is 0 Å². The molecule has 0 aromatic carbocycles. The molecule has 0 radical (unpaired) electrons. The number of nitrogens with zero attached hydrogens (tertiary/aromatic N) is 1. The van der Waals surface area contributed by atoms with Gasteiger partial charge in [0.15, 0.2) is 0 Å². The van der Waals surface area contributed by atoms with Gasteiger partial charge in [0.25, 0.3) is 0 Å². The molecule has 1 aliphatic carbocycles. The smallest absolute Gasteiger partial charge is 0.212 e. The van der Waals surface area contributed by atoms with Gasteiger partial charge >= 0.3 is 0 Å². The highest BCUT2D eigenvalue weighted by molar-refractivity contribution is 5.85. The lowest BCUT2D eigenvalue weighted by atomic mass is 9.99. The van der Waals surface area contributed by atoms with Crippen LogP contribution in [-0.2, 0) is 0 Å². The Morgan fingerprint density at radius 1 is 1.31 bits per heavy atom. The molecule has 1 aliphatic heterocycles. The standard InChI is InChI=1S/C12H13FN2.ClH/c13-12-2-1-8(7-15-12)9-3-10-5-14-6-11(10)4-9;/h1-3,7,10-11,14H,4-6H2;1H. The molecule has 2 nitrogen and oxygen atoms in total. The summed E-state index contributed by atoms with van der Waals surface area (Å²) in [6.45, 7) is 2.20. The van der Waals surface area contributed by atoms with E-state index in [9.17, 15) is 4.39 Å². The zero-order valence-corrected chi connectivity index (χ0v) is 9.64. The van der Waals surface area contributed by atoms with E-state index in [-0.39, 0.29) is 12.4 Å². The van der Waals surface area contributed by atoms with Crippen LogP contribution in [0.2, 0.25) is 0 Å². The minimum atomic E-state index is -0.404. The Balaban J connectivity index is 0.000000963. The molecule has 0 amide bonds. The van der Waals surface area contributed by atoms with Crippen LogP contribution < -0.4 is 5.32 Å². The van der Waals surface area contributed by atoms with Gasteiger partial charge in [0.05, 0.1) is 0 Å². The van der Waals surface area contributed by atoms with Crippen LogP contribution in [0, 0.1) is 17.8 Å². The number of hydrogen-bond acceptors (Lipinski definition) is 2. The van der Waals surface area contributed by atoms with E-state index >= 15 is 0 Å². The number of pyridine rings is 1. The number of hydrogen-bond donors (Lipinski definition) is 1. The Morgan fingerprint density at radius 3 is 2.88 bits per heavy atom. The van der Waals surface area contributed by atoms with Gasteiger partial charge in [0.2, 0.25) is 5.95 Å². The van der Waals surface area contributed by atoms with Crippen molar-refractivity contribution in [1.82, 2.24) is 10.3 Å². The second kappa shape index (κ2) is 4.52. The first-order valence-electron chi connectivity index (χ1n) is 5.36. The summed E-state index contributed by atoms with van der Waals surface area (Å²) in [7, 11) is 0. The predicted molar refractivity (Wildman–Crippen MR) is 63.9 cm³/mol. The van der Waals surface area contributed by atoms with Crippen LogP contribution in [0.5, 0.6) is 0 Å². The Hall–Kier alpha value is -0.930. The number of aromatic nitrogens is 1. The lowest BCUT2D eigenvalue weighted by Crippen LogP contribution is -2.09. The monoisotopic (exact) mass is 240 g/mol. The Labute approximate surface area is 100 Å².